The SMILES string of the molecule is CC(C)(C)c1ccc(CCC(=O)N2CCN(Cc3cn4ccccc4n3)CC2)cc1. The number of aryl methyl sites for hydroxylation is 1. The van der Waals surface area contributed by atoms with E-state index in [0.29, 0.717) is 6.42 Å². The molecule has 0 spiro atoms. The molecule has 1 amide bonds. The summed E-state index contributed by atoms with van der Waals surface area (Å²) >= 11 is 0. The van der Waals surface area contributed by atoms with Gasteiger partial charge in [-0.25, -0.2) is 4.98 Å². The van der Waals surface area contributed by atoms with Gasteiger partial charge in [0, 0.05) is 51.5 Å². The molecule has 1 aliphatic rings. The van der Waals surface area contributed by atoms with Gasteiger partial charge in [-0.15, -0.1) is 0 Å². The van der Waals surface area contributed by atoms with Gasteiger partial charge in [-0.3, -0.25) is 9.69 Å². The standard InChI is InChI=1S/C25H32N4O/c1-25(2,3)21-10-7-20(8-11-21)9-12-24(30)28-16-14-27(15-17-28)18-22-19-29-13-5-4-6-23(29)26-22/h4-8,10-11,13,19H,9,12,14-18H2,1-3H3. The van der Waals surface area contributed by atoms with E-state index >= 15 is 0 Å². The van der Waals surface area contributed by atoms with Crippen LogP contribution in [0.4, 0.5) is 0 Å². The van der Waals surface area contributed by atoms with Crippen molar-refractivity contribution in [3.63, 3.8) is 0 Å². The first-order valence-corrected chi connectivity index (χ1v) is 10.9. The van der Waals surface area contributed by atoms with Gasteiger partial charge in [-0.1, -0.05) is 51.1 Å². The van der Waals surface area contributed by atoms with Crippen LogP contribution >= 0.6 is 0 Å². The largest absolute Gasteiger partial charge is 0.340 e. The summed E-state index contributed by atoms with van der Waals surface area (Å²) in [5.41, 5.74) is 4.80. The Morgan fingerprint density at radius 1 is 1.00 bits per heavy atom. The number of aromatic nitrogens is 2. The number of imidazole rings is 1. The molecule has 1 fully saturated rings. The van der Waals surface area contributed by atoms with Crippen LogP contribution < -0.4 is 0 Å². The molecule has 1 saturated heterocycles. The lowest BCUT2D eigenvalue weighted by atomic mass is 9.86. The van der Waals surface area contributed by atoms with Crippen molar-refractivity contribution in [2.75, 3.05) is 26.2 Å². The molecule has 0 saturated carbocycles. The van der Waals surface area contributed by atoms with Gasteiger partial charge >= 0.3 is 0 Å². The maximum atomic E-state index is 12.7. The van der Waals surface area contributed by atoms with Gasteiger partial charge in [0.25, 0.3) is 0 Å². The van der Waals surface area contributed by atoms with Crippen molar-refractivity contribution >= 4 is 11.6 Å². The molecule has 4 rings (SSSR count). The minimum absolute atomic E-state index is 0.164. The van der Waals surface area contributed by atoms with E-state index in [4.69, 9.17) is 0 Å². The zero-order valence-electron chi connectivity index (χ0n) is 18.3. The highest BCUT2D eigenvalue weighted by molar-refractivity contribution is 5.76. The molecule has 3 aromatic rings. The number of nitrogens with zero attached hydrogens (tertiary/aromatic N) is 4. The van der Waals surface area contributed by atoms with Crippen LogP contribution in [0.3, 0.4) is 0 Å². The lowest BCUT2D eigenvalue weighted by Gasteiger charge is -2.34. The zero-order chi connectivity index (χ0) is 21.1. The topological polar surface area (TPSA) is 40.9 Å². The zero-order valence-corrected chi connectivity index (χ0v) is 18.3. The number of pyridine rings is 1. The van der Waals surface area contributed by atoms with Gasteiger partial charge < -0.3 is 9.30 Å². The summed E-state index contributed by atoms with van der Waals surface area (Å²) in [4.78, 5) is 21.8. The quantitative estimate of drug-likeness (QED) is 0.647. The lowest BCUT2D eigenvalue weighted by Crippen LogP contribution is -2.48. The van der Waals surface area contributed by atoms with E-state index < -0.39 is 0 Å². The van der Waals surface area contributed by atoms with Crippen molar-refractivity contribution in [2.24, 2.45) is 0 Å². The van der Waals surface area contributed by atoms with Crippen LogP contribution in [-0.4, -0.2) is 51.3 Å². The third-order valence-corrected chi connectivity index (χ3v) is 5.97. The first-order valence-electron chi connectivity index (χ1n) is 10.9. The lowest BCUT2D eigenvalue weighted by molar-refractivity contribution is -0.133. The van der Waals surface area contributed by atoms with Crippen LogP contribution in [-0.2, 0) is 23.2 Å². The number of piperazine rings is 1. The molecule has 0 bridgehead atoms. The average molecular weight is 405 g/mol. The number of benzene rings is 1. The molecule has 1 aliphatic heterocycles. The molecule has 158 valence electrons. The van der Waals surface area contributed by atoms with Crippen LogP contribution in [0.2, 0.25) is 0 Å². The van der Waals surface area contributed by atoms with Crippen LogP contribution in [0, 0.1) is 0 Å². The number of rotatable bonds is 5. The van der Waals surface area contributed by atoms with Gasteiger partial charge in [-0.05, 0) is 35.1 Å². The molecule has 0 radical (unpaired) electrons. The van der Waals surface area contributed by atoms with Gasteiger partial charge in [0.15, 0.2) is 0 Å². The second-order valence-corrected chi connectivity index (χ2v) is 9.30. The molecular weight excluding hydrogens is 372 g/mol. The Hall–Kier alpha value is -2.66. The van der Waals surface area contributed by atoms with Crippen molar-refractivity contribution < 1.29 is 4.79 Å². The second kappa shape index (κ2) is 8.60. The van der Waals surface area contributed by atoms with Crippen molar-refractivity contribution in [2.45, 2.75) is 45.6 Å². The Morgan fingerprint density at radius 2 is 1.73 bits per heavy atom. The first kappa shape index (κ1) is 20.6. The number of hydrogen-bond donors (Lipinski definition) is 0. The maximum Gasteiger partial charge on any atom is 0.222 e. The first-order chi connectivity index (χ1) is 14.4. The van der Waals surface area contributed by atoms with E-state index in [1.54, 1.807) is 0 Å². The summed E-state index contributed by atoms with van der Waals surface area (Å²) in [5, 5.41) is 0. The number of amides is 1. The summed E-state index contributed by atoms with van der Waals surface area (Å²) in [5.74, 6) is 0.266. The minimum atomic E-state index is 0.164. The number of carbonyl (C=O) groups excluding carboxylic acids is 1. The Kier molecular flexibility index (Phi) is 5.91. The summed E-state index contributed by atoms with van der Waals surface area (Å²) in [6, 6.07) is 14.8. The van der Waals surface area contributed by atoms with Crippen LogP contribution in [0.25, 0.3) is 5.65 Å². The molecule has 0 N–H and O–H groups in total. The maximum absolute atomic E-state index is 12.7. The second-order valence-electron chi connectivity index (χ2n) is 9.30. The fourth-order valence-corrected chi connectivity index (χ4v) is 4.03. The third kappa shape index (κ3) is 4.90. The Balaban J connectivity index is 1.24. The Morgan fingerprint density at radius 3 is 2.40 bits per heavy atom. The van der Waals surface area contributed by atoms with Crippen molar-refractivity contribution in [3.05, 3.63) is 71.7 Å². The van der Waals surface area contributed by atoms with E-state index in [9.17, 15) is 4.79 Å². The predicted molar refractivity (Wildman–Crippen MR) is 121 cm³/mol. The molecule has 5 heteroatoms. The van der Waals surface area contributed by atoms with Gasteiger partial charge in [0.05, 0.1) is 5.69 Å². The number of hydrogen-bond acceptors (Lipinski definition) is 3. The van der Waals surface area contributed by atoms with Crippen LogP contribution in [0.5, 0.6) is 0 Å². The molecule has 1 aromatic carbocycles. The molecule has 30 heavy (non-hydrogen) atoms. The molecule has 5 nitrogen and oxygen atoms in total. The van der Waals surface area contributed by atoms with E-state index in [-0.39, 0.29) is 11.3 Å². The highest BCUT2D eigenvalue weighted by Crippen LogP contribution is 2.22. The number of fused-ring (bicyclic) bond motifs is 1. The van der Waals surface area contributed by atoms with Gasteiger partial charge in [0.2, 0.25) is 5.91 Å². The Bertz CT molecular complexity index is 959. The summed E-state index contributed by atoms with van der Waals surface area (Å²) < 4.78 is 2.06. The molecule has 2 aromatic heterocycles. The fraction of sp³-hybridized carbons (Fsp3) is 0.440. The van der Waals surface area contributed by atoms with Crippen molar-refractivity contribution in [3.8, 4) is 0 Å². The Labute approximate surface area is 179 Å². The average Bonchev–Trinajstić information content (AvgIpc) is 3.14. The smallest absolute Gasteiger partial charge is 0.222 e. The molecule has 0 aliphatic carbocycles. The monoisotopic (exact) mass is 404 g/mol. The van der Waals surface area contributed by atoms with Gasteiger partial charge in [0.1, 0.15) is 5.65 Å². The molecule has 3 heterocycles. The normalized spacial score (nSPS) is 15.6. The van der Waals surface area contributed by atoms with Crippen LogP contribution in [0.1, 0.15) is 44.0 Å². The number of carbonyl (C=O) groups is 1. The van der Waals surface area contributed by atoms with Gasteiger partial charge in [-0.2, -0.15) is 0 Å². The molecule has 0 atom stereocenters. The molecule has 0 unspecified atom stereocenters. The summed E-state index contributed by atoms with van der Waals surface area (Å²) in [7, 11) is 0. The summed E-state index contributed by atoms with van der Waals surface area (Å²) in [6.07, 6.45) is 5.52. The van der Waals surface area contributed by atoms with E-state index in [0.717, 1.165) is 50.5 Å². The summed E-state index contributed by atoms with van der Waals surface area (Å²) in [6.45, 7) is 10.9. The van der Waals surface area contributed by atoms with E-state index in [2.05, 4.69) is 65.5 Å². The highest BCUT2D eigenvalue weighted by atomic mass is 16.2. The van der Waals surface area contributed by atoms with Crippen molar-refractivity contribution in [1.82, 2.24) is 19.2 Å². The van der Waals surface area contributed by atoms with Crippen LogP contribution in [0.15, 0.2) is 54.9 Å². The van der Waals surface area contributed by atoms with E-state index in [1.165, 1.54) is 11.1 Å². The molecular formula is C25H32N4O. The van der Waals surface area contributed by atoms with E-state index in [1.807, 2.05) is 29.3 Å². The van der Waals surface area contributed by atoms with Crippen molar-refractivity contribution in [1.29, 1.82) is 0 Å². The third-order valence-electron chi connectivity index (χ3n) is 5.97. The predicted octanol–water partition coefficient (Wildman–Crippen LogP) is 3.91. The fourth-order valence-electron chi connectivity index (χ4n) is 4.03. The minimum Gasteiger partial charge on any atom is -0.340 e. The highest BCUT2D eigenvalue weighted by Gasteiger charge is 2.21.